The van der Waals surface area contributed by atoms with Crippen molar-refractivity contribution in [3.8, 4) is 0 Å². The molecule has 0 aliphatic carbocycles. The first kappa shape index (κ1) is 30.9. The zero-order valence-electron chi connectivity index (χ0n) is 24.0. The van der Waals surface area contributed by atoms with Crippen molar-refractivity contribution in [1.82, 2.24) is 20.9 Å². The van der Waals surface area contributed by atoms with Crippen LogP contribution in [-0.2, 0) is 22.3 Å². The van der Waals surface area contributed by atoms with Crippen LogP contribution in [0.4, 0.5) is 0 Å². The van der Waals surface area contributed by atoms with E-state index >= 15 is 0 Å². The van der Waals surface area contributed by atoms with E-state index in [1.807, 2.05) is 34.3 Å². The molecule has 2 N–H and O–H groups in total. The van der Waals surface area contributed by atoms with Gasteiger partial charge in [-0.3, -0.25) is 20.4 Å². The summed E-state index contributed by atoms with van der Waals surface area (Å²) in [6.07, 6.45) is 1.72. The summed E-state index contributed by atoms with van der Waals surface area (Å²) in [6, 6.07) is 12.0. The van der Waals surface area contributed by atoms with E-state index in [-0.39, 0.29) is 11.8 Å². The lowest BCUT2D eigenvalue weighted by Gasteiger charge is -2.28. The SMILES string of the molecule is CC(C)Cc1cccc(C(=O)NN2CCOCC2)c1SSc1c(CC(C)C)cccc1C(=O)NN1CCOCC1. The zero-order valence-corrected chi connectivity index (χ0v) is 25.7. The standard InChI is InChI=1S/C30H42N4O4S2/c1-21(2)19-23-7-5-9-25(29(35)31-33-11-15-37-16-12-33)27(23)39-40-28-24(20-22(3)4)8-6-10-26(28)30(36)32-34-13-17-38-18-14-34/h5-10,21-22H,11-20H2,1-4H3,(H,31,35)(H,32,36). The van der Waals surface area contributed by atoms with Crippen LogP contribution in [0.2, 0.25) is 0 Å². The van der Waals surface area contributed by atoms with Gasteiger partial charge in [0.25, 0.3) is 11.8 Å². The lowest BCUT2D eigenvalue weighted by Crippen LogP contribution is -2.48. The van der Waals surface area contributed by atoms with E-state index in [1.165, 1.54) is 0 Å². The monoisotopic (exact) mass is 586 g/mol. The van der Waals surface area contributed by atoms with Crippen LogP contribution in [0.15, 0.2) is 46.2 Å². The highest BCUT2D eigenvalue weighted by molar-refractivity contribution is 8.76. The first-order chi connectivity index (χ1) is 19.3. The third-order valence-corrected chi connectivity index (χ3v) is 9.32. The highest BCUT2D eigenvalue weighted by atomic mass is 33.1. The Bertz CT molecular complexity index is 1060. The highest BCUT2D eigenvalue weighted by Crippen LogP contribution is 2.44. The molecule has 2 aliphatic rings. The number of hydrazine groups is 2. The molecule has 0 spiro atoms. The van der Waals surface area contributed by atoms with Crippen molar-refractivity contribution < 1.29 is 19.1 Å². The topological polar surface area (TPSA) is 83.1 Å². The van der Waals surface area contributed by atoms with Crippen molar-refractivity contribution in [2.75, 3.05) is 52.6 Å². The van der Waals surface area contributed by atoms with Crippen LogP contribution in [0.5, 0.6) is 0 Å². The predicted molar refractivity (Wildman–Crippen MR) is 161 cm³/mol. The van der Waals surface area contributed by atoms with Crippen molar-refractivity contribution in [2.24, 2.45) is 11.8 Å². The van der Waals surface area contributed by atoms with Gasteiger partial charge in [0.2, 0.25) is 0 Å². The van der Waals surface area contributed by atoms with E-state index in [9.17, 15) is 9.59 Å². The summed E-state index contributed by atoms with van der Waals surface area (Å²) in [6.45, 7) is 13.8. The van der Waals surface area contributed by atoms with E-state index in [0.29, 0.717) is 75.6 Å². The first-order valence-electron chi connectivity index (χ1n) is 14.2. The second-order valence-electron chi connectivity index (χ2n) is 11.0. The number of rotatable bonds is 11. The van der Waals surface area contributed by atoms with Crippen LogP contribution in [0.25, 0.3) is 0 Å². The average Bonchev–Trinajstić information content (AvgIpc) is 2.93. The van der Waals surface area contributed by atoms with Crippen molar-refractivity contribution >= 4 is 33.4 Å². The average molecular weight is 587 g/mol. The maximum atomic E-state index is 13.5. The number of carbonyl (C=O) groups is 2. The van der Waals surface area contributed by atoms with Gasteiger partial charge in [-0.05, 0) is 47.9 Å². The number of ether oxygens (including phenoxy) is 2. The Kier molecular flexibility index (Phi) is 11.8. The minimum atomic E-state index is -0.114. The van der Waals surface area contributed by atoms with Gasteiger partial charge in [-0.25, -0.2) is 10.0 Å². The van der Waals surface area contributed by atoms with E-state index in [2.05, 4.69) is 50.7 Å². The Morgan fingerprint density at radius 2 is 1.07 bits per heavy atom. The molecule has 4 rings (SSSR count). The fourth-order valence-electron chi connectivity index (χ4n) is 4.77. The van der Waals surface area contributed by atoms with Crippen LogP contribution in [-0.4, -0.2) is 74.4 Å². The summed E-state index contributed by atoms with van der Waals surface area (Å²) in [4.78, 5) is 28.9. The van der Waals surface area contributed by atoms with Crippen molar-refractivity contribution in [2.45, 2.75) is 50.3 Å². The molecular formula is C30H42N4O4S2. The minimum absolute atomic E-state index is 0.114. The van der Waals surface area contributed by atoms with E-state index in [0.717, 1.165) is 33.8 Å². The molecule has 2 aromatic rings. The summed E-state index contributed by atoms with van der Waals surface area (Å²) in [7, 11) is 3.15. The molecule has 0 aromatic heterocycles. The molecule has 2 heterocycles. The third-order valence-electron chi connectivity index (χ3n) is 6.69. The second-order valence-corrected chi connectivity index (χ2v) is 13.2. The summed E-state index contributed by atoms with van der Waals surface area (Å²) in [5.41, 5.74) is 9.75. The summed E-state index contributed by atoms with van der Waals surface area (Å²) < 4.78 is 10.9. The highest BCUT2D eigenvalue weighted by Gasteiger charge is 2.23. The van der Waals surface area contributed by atoms with E-state index < -0.39 is 0 Å². The number of benzene rings is 2. The predicted octanol–water partition coefficient (Wildman–Crippen LogP) is 4.84. The molecule has 0 bridgehead atoms. The molecule has 2 amide bonds. The van der Waals surface area contributed by atoms with Gasteiger partial charge in [-0.1, -0.05) is 73.5 Å². The van der Waals surface area contributed by atoms with Crippen molar-refractivity contribution in [1.29, 1.82) is 0 Å². The lowest BCUT2D eigenvalue weighted by atomic mass is 10.0. The number of carbonyl (C=O) groups excluding carboxylic acids is 2. The molecule has 8 nitrogen and oxygen atoms in total. The van der Waals surface area contributed by atoms with Crippen molar-refractivity contribution in [3.05, 3.63) is 58.7 Å². The fourth-order valence-corrected chi connectivity index (χ4v) is 7.63. The molecule has 0 saturated carbocycles. The quantitative estimate of drug-likeness (QED) is 0.362. The normalized spacial score (nSPS) is 16.9. The van der Waals surface area contributed by atoms with Gasteiger partial charge in [-0.15, -0.1) is 0 Å². The Morgan fingerprint density at radius 1 is 0.700 bits per heavy atom. The molecule has 2 aromatic carbocycles. The fraction of sp³-hybridized carbons (Fsp3) is 0.533. The minimum Gasteiger partial charge on any atom is -0.379 e. The third kappa shape index (κ3) is 8.71. The first-order valence-corrected chi connectivity index (χ1v) is 16.3. The molecule has 40 heavy (non-hydrogen) atoms. The number of hydrogen-bond acceptors (Lipinski definition) is 8. The van der Waals surface area contributed by atoms with Gasteiger partial charge in [0, 0.05) is 36.0 Å². The molecule has 0 unspecified atom stereocenters. The molecule has 2 saturated heterocycles. The zero-order chi connectivity index (χ0) is 28.5. The number of nitrogens with one attached hydrogen (secondary N) is 2. The van der Waals surface area contributed by atoms with Gasteiger partial charge in [0.15, 0.2) is 0 Å². The van der Waals surface area contributed by atoms with Gasteiger partial charge in [0.1, 0.15) is 0 Å². The van der Waals surface area contributed by atoms with E-state index in [1.54, 1.807) is 21.6 Å². The smallest absolute Gasteiger partial charge is 0.266 e. The second kappa shape index (κ2) is 15.2. The maximum Gasteiger partial charge on any atom is 0.266 e. The van der Waals surface area contributed by atoms with Crippen LogP contribution in [0.3, 0.4) is 0 Å². The molecule has 0 radical (unpaired) electrons. The van der Waals surface area contributed by atoms with Gasteiger partial charge in [-0.2, -0.15) is 0 Å². The van der Waals surface area contributed by atoms with Crippen LogP contribution >= 0.6 is 21.6 Å². The molecule has 10 heteroatoms. The molecular weight excluding hydrogens is 544 g/mol. The van der Waals surface area contributed by atoms with Crippen molar-refractivity contribution in [3.63, 3.8) is 0 Å². The van der Waals surface area contributed by atoms with Gasteiger partial charge in [0.05, 0.1) is 37.6 Å². The molecule has 218 valence electrons. The summed E-state index contributed by atoms with van der Waals surface area (Å²) >= 11 is 0. The molecule has 2 aliphatic heterocycles. The largest absolute Gasteiger partial charge is 0.379 e. The number of nitrogens with zero attached hydrogens (tertiary/aromatic N) is 2. The number of hydrogen-bond donors (Lipinski definition) is 2. The lowest BCUT2D eigenvalue weighted by molar-refractivity contribution is 0.0122. The van der Waals surface area contributed by atoms with Crippen LogP contribution in [0, 0.1) is 11.8 Å². The Morgan fingerprint density at radius 3 is 1.43 bits per heavy atom. The van der Waals surface area contributed by atoms with Gasteiger partial charge >= 0.3 is 0 Å². The molecule has 2 fully saturated rings. The number of amides is 2. The summed E-state index contributed by atoms with van der Waals surface area (Å²) in [5, 5.41) is 3.85. The Labute approximate surface area is 246 Å². The molecule has 0 atom stereocenters. The van der Waals surface area contributed by atoms with E-state index in [4.69, 9.17) is 9.47 Å². The van der Waals surface area contributed by atoms with Gasteiger partial charge < -0.3 is 9.47 Å². The maximum absolute atomic E-state index is 13.5. The number of morpholine rings is 2. The van der Waals surface area contributed by atoms with Crippen LogP contribution < -0.4 is 10.9 Å². The Balaban J connectivity index is 1.63. The summed E-state index contributed by atoms with van der Waals surface area (Å²) in [5.74, 6) is 0.641. The van der Waals surface area contributed by atoms with Crippen LogP contribution in [0.1, 0.15) is 59.5 Å². The Hall–Kier alpha value is -2.08.